The standard InChI is InChI=1S/C17H20ClNO/c1-12(2)8-14-9-15(18)5-7-17(14)20-11-16-6-4-13(3)10-19-16/h4-7,9-10,12H,8,11H2,1-3H3. The fourth-order valence-electron chi connectivity index (χ4n) is 2.02. The summed E-state index contributed by atoms with van der Waals surface area (Å²) in [6.45, 7) is 6.88. The van der Waals surface area contributed by atoms with E-state index in [-0.39, 0.29) is 0 Å². The lowest BCUT2D eigenvalue weighted by molar-refractivity contribution is 0.297. The lowest BCUT2D eigenvalue weighted by atomic mass is 10.0. The van der Waals surface area contributed by atoms with E-state index in [9.17, 15) is 0 Å². The van der Waals surface area contributed by atoms with E-state index in [2.05, 4.69) is 18.8 Å². The summed E-state index contributed by atoms with van der Waals surface area (Å²) in [7, 11) is 0. The van der Waals surface area contributed by atoms with Crippen molar-refractivity contribution in [2.45, 2.75) is 33.8 Å². The first kappa shape index (κ1) is 14.9. The van der Waals surface area contributed by atoms with Crippen LogP contribution < -0.4 is 4.74 Å². The number of halogens is 1. The molecule has 2 nitrogen and oxygen atoms in total. The fraction of sp³-hybridized carbons (Fsp3) is 0.353. The molecule has 0 fully saturated rings. The molecule has 20 heavy (non-hydrogen) atoms. The predicted molar refractivity (Wildman–Crippen MR) is 83.3 cm³/mol. The molecule has 0 bridgehead atoms. The number of ether oxygens (including phenoxy) is 1. The third-order valence-corrected chi connectivity index (χ3v) is 3.23. The van der Waals surface area contributed by atoms with Gasteiger partial charge in [0, 0.05) is 11.2 Å². The minimum Gasteiger partial charge on any atom is -0.487 e. The molecule has 3 heteroatoms. The van der Waals surface area contributed by atoms with E-state index in [1.165, 1.54) is 0 Å². The number of pyridine rings is 1. The summed E-state index contributed by atoms with van der Waals surface area (Å²) in [5.74, 6) is 1.46. The molecule has 0 spiro atoms. The van der Waals surface area contributed by atoms with Crippen molar-refractivity contribution in [3.05, 3.63) is 58.4 Å². The van der Waals surface area contributed by atoms with E-state index in [0.717, 1.165) is 34.0 Å². The third-order valence-electron chi connectivity index (χ3n) is 3.00. The highest BCUT2D eigenvalue weighted by Crippen LogP contribution is 2.26. The molecule has 1 aromatic heterocycles. The monoisotopic (exact) mass is 289 g/mol. The normalized spacial score (nSPS) is 10.8. The zero-order valence-electron chi connectivity index (χ0n) is 12.2. The minimum atomic E-state index is 0.479. The van der Waals surface area contributed by atoms with Crippen molar-refractivity contribution in [1.82, 2.24) is 4.98 Å². The van der Waals surface area contributed by atoms with Crippen LogP contribution in [-0.2, 0) is 13.0 Å². The van der Waals surface area contributed by atoms with Crippen molar-refractivity contribution in [2.75, 3.05) is 0 Å². The largest absolute Gasteiger partial charge is 0.487 e. The number of nitrogens with zero attached hydrogens (tertiary/aromatic N) is 1. The minimum absolute atomic E-state index is 0.479. The number of hydrogen-bond acceptors (Lipinski definition) is 2. The van der Waals surface area contributed by atoms with Gasteiger partial charge in [0.15, 0.2) is 0 Å². The summed E-state index contributed by atoms with van der Waals surface area (Å²) >= 11 is 6.07. The molecule has 0 radical (unpaired) electrons. The predicted octanol–water partition coefficient (Wildman–Crippen LogP) is 4.82. The Morgan fingerprint density at radius 2 is 2.00 bits per heavy atom. The second-order valence-corrected chi connectivity index (χ2v) is 5.90. The summed E-state index contributed by atoms with van der Waals surface area (Å²) in [6, 6.07) is 9.83. The molecule has 2 rings (SSSR count). The molecule has 106 valence electrons. The van der Waals surface area contributed by atoms with Gasteiger partial charge in [0.05, 0.1) is 5.69 Å². The lowest BCUT2D eigenvalue weighted by Gasteiger charge is -2.13. The molecule has 0 aliphatic carbocycles. The Balaban J connectivity index is 2.10. The van der Waals surface area contributed by atoms with Crippen molar-refractivity contribution in [3.63, 3.8) is 0 Å². The summed E-state index contributed by atoms with van der Waals surface area (Å²) in [6.07, 6.45) is 2.81. The van der Waals surface area contributed by atoms with Crippen LogP contribution >= 0.6 is 11.6 Å². The number of benzene rings is 1. The SMILES string of the molecule is Cc1ccc(COc2ccc(Cl)cc2CC(C)C)nc1. The Morgan fingerprint density at radius 1 is 1.20 bits per heavy atom. The Hall–Kier alpha value is -1.54. The van der Waals surface area contributed by atoms with Gasteiger partial charge in [-0.25, -0.2) is 0 Å². The number of rotatable bonds is 5. The zero-order chi connectivity index (χ0) is 14.5. The molecule has 0 N–H and O–H groups in total. The molecule has 0 saturated heterocycles. The van der Waals surface area contributed by atoms with Gasteiger partial charge in [0.1, 0.15) is 12.4 Å². The Bertz CT molecular complexity index is 564. The molecule has 0 aliphatic rings. The van der Waals surface area contributed by atoms with Gasteiger partial charge in [-0.2, -0.15) is 0 Å². The third kappa shape index (κ3) is 4.24. The van der Waals surface area contributed by atoms with E-state index in [1.807, 2.05) is 43.5 Å². The highest BCUT2D eigenvalue weighted by Gasteiger charge is 2.07. The van der Waals surface area contributed by atoms with Gasteiger partial charge in [-0.3, -0.25) is 4.98 Å². The van der Waals surface area contributed by atoms with Gasteiger partial charge < -0.3 is 4.74 Å². The zero-order valence-corrected chi connectivity index (χ0v) is 12.9. The highest BCUT2D eigenvalue weighted by molar-refractivity contribution is 6.30. The van der Waals surface area contributed by atoms with Crippen LogP contribution in [0.15, 0.2) is 36.5 Å². The van der Waals surface area contributed by atoms with Crippen LogP contribution in [0, 0.1) is 12.8 Å². The van der Waals surface area contributed by atoms with E-state index >= 15 is 0 Å². The quantitative estimate of drug-likeness (QED) is 0.787. The summed E-state index contributed by atoms with van der Waals surface area (Å²) < 4.78 is 5.90. The Labute approximate surface area is 125 Å². The number of aryl methyl sites for hydroxylation is 1. The number of hydrogen-bond donors (Lipinski definition) is 0. The molecular formula is C17H20ClNO. The highest BCUT2D eigenvalue weighted by atomic mass is 35.5. The van der Waals surface area contributed by atoms with Crippen LogP contribution in [0.5, 0.6) is 5.75 Å². The summed E-state index contributed by atoms with van der Waals surface area (Å²) in [5, 5.41) is 0.751. The summed E-state index contributed by atoms with van der Waals surface area (Å²) in [4.78, 5) is 4.35. The van der Waals surface area contributed by atoms with E-state index in [1.54, 1.807) is 0 Å². The van der Waals surface area contributed by atoms with Crippen LogP contribution in [0.4, 0.5) is 0 Å². The van der Waals surface area contributed by atoms with Crippen molar-refractivity contribution in [3.8, 4) is 5.75 Å². The fourth-order valence-corrected chi connectivity index (χ4v) is 2.22. The first-order valence-corrected chi connectivity index (χ1v) is 7.25. The van der Waals surface area contributed by atoms with Crippen molar-refractivity contribution < 1.29 is 4.74 Å². The van der Waals surface area contributed by atoms with Crippen molar-refractivity contribution >= 4 is 11.6 Å². The van der Waals surface area contributed by atoms with Crippen molar-refractivity contribution in [2.24, 2.45) is 5.92 Å². The molecule has 2 aromatic rings. The smallest absolute Gasteiger partial charge is 0.130 e. The maximum Gasteiger partial charge on any atom is 0.130 e. The molecule has 1 aromatic carbocycles. The lowest BCUT2D eigenvalue weighted by Crippen LogP contribution is -2.02. The van der Waals surface area contributed by atoms with E-state index in [4.69, 9.17) is 16.3 Å². The van der Waals surface area contributed by atoms with Crippen LogP contribution in [-0.4, -0.2) is 4.98 Å². The maximum absolute atomic E-state index is 6.07. The summed E-state index contributed by atoms with van der Waals surface area (Å²) in [5.41, 5.74) is 3.24. The second-order valence-electron chi connectivity index (χ2n) is 5.47. The van der Waals surface area contributed by atoms with Gasteiger partial charge in [-0.1, -0.05) is 31.5 Å². The average molecular weight is 290 g/mol. The molecule has 0 unspecified atom stereocenters. The molecule has 0 saturated carbocycles. The average Bonchev–Trinajstić information content (AvgIpc) is 2.39. The first-order valence-electron chi connectivity index (χ1n) is 6.87. The van der Waals surface area contributed by atoms with Crippen LogP contribution in [0.1, 0.15) is 30.7 Å². The Morgan fingerprint density at radius 3 is 2.65 bits per heavy atom. The maximum atomic E-state index is 6.07. The van der Waals surface area contributed by atoms with Crippen LogP contribution in [0.25, 0.3) is 0 Å². The molecule has 0 atom stereocenters. The van der Waals surface area contributed by atoms with Crippen LogP contribution in [0.3, 0.4) is 0 Å². The van der Waals surface area contributed by atoms with E-state index < -0.39 is 0 Å². The molecule has 0 aliphatic heterocycles. The molecule has 0 amide bonds. The van der Waals surface area contributed by atoms with Gasteiger partial charge in [-0.05, 0) is 54.7 Å². The molecular weight excluding hydrogens is 270 g/mol. The van der Waals surface area contributed by atoms with Crippen molar-refractivity contribution in [1.29, 1.82) is 0 Å². The van der Waals surface area contributed by atoms with Gasteiger partial charge in [0.25, 0.3) is 0 Å². The van der Waals surface area contributed by atoms with Gasteiger partial charge in [-0.15, -0.1) is 0 Å². The van der Waals surface area contributed by atoms with E-state index in [0.29, 0.717) is 12.5 Å². The molecule has 1 heterocycles. The first-order chi connectivity index (χ1) is 9.54. The Kier molecular flexibility index (Phi) is 5.02. The topological polar surface area (TPSA) is 22.1 Å². The van der Waals surface area contributed by atoms with Gasteiger partial charge in [0.2, 0.25) is 0 Å². The van der Waals surface area contributed by atoms with Gasteiger partial charge >= 0.3 is 0 Å². The number of aromatic nitrogens is 1. The second kappa shape index (κ2) is 6.76. The van der Waals surface area contributed by atoms with Crippen LogP contribution in [0.2, 0.25) is 5.02 Å².